The van der Waals surface area contributed by atoms with Crippen molar-refractivity contribution >= 4 is 0 Å². The zero-order valence-electron chi connectivity index (χ0n) is 13.7. The highest BCUT2D eigenvalue weighted by Crippen LogP contribution is 2.38. The van der Waals surface area contributed by atoms with Crippen LogP contribution in [0.25, 0.3) is 11.1 Å². The van der Waals surface area contributed by atoms with Crippen LogP contribution in [-0.4, -0.2) is 0 Å². The molecule has 0 N–H and O–H groups in total. The van der Waals surface area contributed by atoms with Crippen molar-refractivity contribution < 1.29 is 8.78 Å². The third-order valence-electron chi connectivity index (χ3n) is 5.19. The average Bonchev–Trinajstić information content (AvgIpc) is 2.59. The summed E-state index contributed by atoms with van der Waals surface area (Å²) in [6.45, 7) is 2.26. The van der Waals surface area contributed by atoms with Gasteiger partial charge in [0.25, 0.3) is 0 Å². The first-order chi connectivity index (χ1) is 11.2. The molecule has 122 valence electrons. The molecule has 0 radical (unpaired) electrons. The van der Waals surface area contributed by atoms with Gasteiger partial charge in [-0.1, -0.05) is 56.2 Å². The molecule has 0 saturated heterocycles. The van der Waals surface area contributed by atoms with Crippen molar-refractivity contribution in [1.29, 1.82) is 0 Å². The van der Waals surface area contributed by atoms with Gasteiger partial charge in [-0.15, -0.1) is 0 Å². The van der Waals surface area contributed by atoms with E-state index in [0.717, 1.165) is 17.5 Å². The van der Waals surface area contributed by atoms with E-state index in [2.05, 4.69) is 19.1 Å². The number of benzene rings is 2. The summed E-state index contributed by atoms with van der Waals surface area (Å²) < 4.78 is 27.2. The predicted octanol–water partition coefficient (Wildman–Crippen LogP) is 6.71. The summed E-state index contributed by atoms with van der Waals surface area (Å²) in [5, 5.41) is 0. The van der Waals surface area contributed by atoms with Gasteiger partial charge in [0.1, 0.15) is 0 Å². The van der Waals surface area contributed by atoms with E-state index >= 15 is 0 Å². The summed E-state index contributed by atoms with van der Waals surface area (Å²) in [7, 11) is 0. The second kappa shape index (κ2) is 7.25. The quantitative estimate of drug-likeness (QED) is 0.588. The van der Waals surface area contributed by atoms with E-state index in [1.807, 2.05) is 12.1 Å². The molecule has 1 aliphatic rings. The van der Waals surface area contributed by atoms with Crippen molar-refractivity contribution in [3.8, 4) is 11.1 Å². The molecule has 2 aromatic carbocycles. The zero-order valence-corrected chi connectivity index (χ0v) is 13.7. The first-order valence-electron chi connectivity index (χ1n) is 8.73. The van der Waals surface area contributed by atoms with Crippen molar-refractivity contribution in [1.82, 2.24) is 0 Å². The standard InChI is InChI=1S/C21H24F2/c1-2-4-15-7-9-16(10-8-15)17-11-13-18(14-12-17)19-5-3-6-20(22)21(19)23/h3,5-6,11-16H,2,4,7-10H2,1H3/t15-,16-. The summed E-state index contributed by atoms with van der Waals surface area (Å²) in [6.07, 6.45) is 7.77. The van der Waals surface area contributed by atoms with Gasteiger partial charge in [0.15, 0.2) is 11.6 Å². The molecule has 0 atom stereocenters. The Balaban J connectivity index is 1.72. The van der Waals surface area contributed by atoms with E-state index in [0.29, 0.717) is 11.5 Å². The third-order valence-corrected chi connectivity index (χ3v) is 5.19. The summed E-state index contributed by atoms with van der Waals surface area (Å²) in [6, 6.07) is 12.4. The van der Waals surface area contributed by atoms with Gasteiger partial charge in [-0.25, -0.2) is 8.78 Å². The van der Waals surface area contributed by atoms with Crippen LogP contribution in [0.2, 0.25) is 0 Å². The van der Waals surface area contributed by atoms with E-state index in [1.54, 1.807) is 12.1 Å². The lowest BCUT2D eigenvalue weighted by Crippen LogP contribution is -2.13. The Morgan fingerprint density at radius 1 is 0.913 bits per heavy atom. The highest BCUT2D eigenvalue weighted by atomic mass is 19.2. The van der Waals surface area contributed by atoms with Crippen LogP contribution < -0.4 is 0 Å². The molecule has 0 heterocycles. The van der Waals surface area contributed by atoms with Crippen LogP contribution in [0.15, 0.2) is 42.5 Å². The van der Waals surface area contributed by atoms with Crippen molar-refractivity contribution in [2.75, 3.05) is 0 Å². The maximum absolute atomic E-state index is 13.9. The molecular formula is C21H24F2. The molecule has 0 spiro atoms. The van der Waals surface area contributed by atoms with Crippen LogP contribution in [0.4, 0.5) is 8.78 Å². The van der Waals surface area contributed by atoms with Crippen LogP contribution in [0, 0.1) is 17.6 Å². The molecule has 1 aliphatic carbocycles. The number of hydrogen-bond acceptors (Lipinski definition) is 0. The number of halogens is 2. The topological polar surface area (TPSA) is 0 Å². The normalized spacial score (nSPS) is 21.3. The first-order valence-corrected chi connectivity index (χ1v) is 8.73. The van der Waals surface area contributed by atoms with Gasteiger partial charge in [-0.3, -0.25) is 0 Å². The lowest BCUT2D eigenvalue weighted by Gasteiger charge is -2.28. The Kier molecular flexibility index (Phi) is 5.09. The van der Waals surface area contributed by atoms with Crippen LogP contribution in [0.3, 0.4) is 0 Å². The molecule has 0 aliphatic heterocycles. The molecule has 0 amide bonds. The fraction of sp³-hybridized carbons (Fsp3) is 0.429. The van der Waals surface area contributed by atoms with Gasteiger partial charge in [-0.2, -0.15) is 0 Å². The van der Waals surface area contributed by atoms with Crippen LogP contribution in [0.1, 0.15) is 56.9 Å². The van der Waals surface area contributed by atoms with Crippen molar-refractivity contribution in [3.05, 3.63) is 59.7 Å². The SMILES string of the molecule is CCC[C@H]1CC[C@H](c2ccc(-c3cccc(F)c3F)cc2)CC1. The molecule has 1 saturated carbocycles. The van der Waals surface area contributed by atoms with E-state index in [4.69, 9.17) is 0 Å². The Morgan fingerprint density at radius 2 is 1.61 bits per heavy atom. The van der Waals surface area contributed by atoms with Crippen LogP contribution in [-0.2, 0) is 0 Å². The van der Waals surface area contributed by atoms with E-state index in [1.165, 1.54) is 44.1 Å². The second-order valence-corrected chi connectivity index (χ2v) is 6.73. The van der Waals surface area contributed by atoms with E-state index in [-0.39, 0.29) is 0 Å². The van der Waals surface area contributed by atoms with Gasteiger partial charge < -0.3 is 0 Å². The van der Waals surface area contributed by atoms with E-state index in [9.17, 15) is 8.78 Å². The molecule has 1 fully saturated rings. The lowest BCUT2D eigenvalue weighted by atomic mass is 9.77. The molecule has 2 aromatic rings. The minimum atomic E-state index is -0.791. The number of hydrogen-bond donors (Lipinski definition) is 0. The summed E-state index contributed by atoms with van der Waals surface area (Å²) in [5.41, 5.74) is 2.41. The molecular weight excluding hydrogens is 290 g/mol. The largest absolute Gasteiger partial charge is 0.204 e. The molecule has 0 bridgehead atoms. The smallest absolute Gasteiger partial charge is 0.166 e. The molecule has 3 rings (SSSR count). The maximum Gasteiger partial charge on any atom is 0.166 e. The lowest BCUT2D eigenvalue weighted by molar-refractivity contribution is 0.308. The van der Waals surface area contributed by atoms with Crippen molar-refractivity contribution in [3.63, 3.8) is 0 Å². The van der Waals surface area contributed by atoms with Crippen molar-refractivity contribution in [2.24, 2.45) is 5.92 Å². The summed E-state index contributed by atoms with van der Waals surface area (Å²) in [5.74, 6) is -0.0347. The molecule has 0 nitrogen and oxygen atoms in total. The fourth-order valence-electron chi connectivity index (χ4n) is 3.85. The monoisotopic (exact) mass is 314 g/mol. The maximum atomic E-state index is 13.9. The van der Waals surface area contributed by atoms with Crippen molar-refractivity contribution in [2.45, 2.75) is 51.4 Å². The highest BCUT2D eigenvalue weighted by molar-refractivity contribution is 5.64. The molecule has 0 aromatic heterocycles. The molecule has 2 heteroatoms. The Morgan fingerprint density at radius 3 is 2.26 bits per heavy atom. The predicted molar refractivity (Wildman–Crippen MR) is 91.4 cm³/mol. The average molecular weight is 314 g/mol. The van der Waals surface area contributed by atoms with Gasteiger partial charge in [0.05, 0.1) is 0 Å². The van der Waals surface area contributed by atoms with Gasteiger partial charge in [-0.05, 0) is 54.7 Å². The Labute approximate surface area is 137 Å². The van der Waals surface area contributed by atoms with Crippen LogP contribution in [0.5, 0.6) is 0 Å². The third kappa shape index (κ3) is 3.63. The number of rotatable bonds is 4. The zero-order chi connectivity index (χ0) is 16.2. The minimum Gasteiger partial charge on any atom is -0.204 e. The highest BCUT2D eigenvalue weighted by Gasteiger charge is 2.21. The van der Waals surface area contributed by atoms with Crippen LogP contribution >= 0.6 is 0 Å². The second-order valence-electron chi connectivity index (χ2n) is 6.73. The summed E-state index contributed by atoms with van der Waals surface area (Å²) in [4.78, 5) is 0. The van der Waals surface area contributed by atoms with E-state index < -0.39 is 11.6 Å². The van der Waals surface area contributed by atoms with Gasteiger partial charge >= 0.3 is 0 Å². The van der Waals surface area contributed by atoms with Gasteiger partial charge in [0, 0.05) is 5.56 Å². The first kappa shape index (κ1) is 16.2. The Bertz CT molecular complexity index is 637. The molecule has 0 unspecified atom stereocenters. The molecule has 23 heavy (non-hydrogen) atoms. The fourth-order valence-corrected chi connectivity index (χ4v) is 3.85. The minimum absolute atomic E-state index is 0.336. The summed E-state index contributed by atoms with van der Waals surface area (Å²) >= 11 is 0. The Hall–Kier alpha value is -1.70. The van der Waals surface area contributed by atoms with Gasteiger partial charge in [0.2, 0.25) is 0 Å².